The summed E-state index contributed by atoms with van der Waals surface area (Å²) in [5.41, 5.74) is 2.73. The molecule has 0 unspecified atom stereocenters. The van der Waals surface area contributed by atoms with Crippen LogP contribution < -0.4 is 5.56 Å². The molecule has 0 amide bonds. The van der Waals surface area contributed by atoms with E-state index >= 15 is 0 Å². The van der Waals surface area contributed by atoms with E-state index in [-0.39, 0.29) is 17.0 Å². The van der Waals surface area contributed by atoms with Crippen LogP contribution in [-0.2, 0) is 22.8 Å². The summed E-state index contributed by atoms with van der Waals surface area (Å²) in [6, 6.07) is 16.4. The van der Waals surface area contributed by atoms with Gasteiger partial charge >= 0.3 is 0 Å². The Hall–Kier alpha value is -3.41. The number of benzene rings is 2. The first-order chi connectivity index (χ1) is 15.8. The number of pyridine rings is 1. The molecule has 166 valence electrons. The molecule has 0 saturated carbocycles. The van der Waals surface area contributed by atoms with E-state index in [2.05, 4.69) is 46.1 Å². The van der Waals surface area contributed by atoms with Crippen molar-refractivity contribution >= 4 is 32.5 Å². The number of aromatic nitrogens is 3. The van der Waals surface area contributed by atoms with Crippen molar-refractivity contribution in [1.82, 2.24) is 14.5 Å². The Kier molecular flexibility index (Phi) is 6.63. The van der Waals surface area contributed by atoms with Crippen LogP contribution in [0.2, 0.25) is 0 Å². The number of thioether (sulfide) groups is 1. The van der Waals surface area contributed by atoms with Crippen molar-refractivity contribution in [2.24, 2.45) is 0 Å². The molecule has 2 aromatic heterocycles. The molecule has 0 atom stereocenters. The van der Waals surface area contributed by atoms with Crippen molar-refractivity contribution in [2.75, 3.05) is 12.5 Å². The van der Waals surface area contributed by atoms with E-state index in [1.807, 2.05) is 6.26 Å². The van der Waals surface area contributed by atoms with Crippen molar-refractivity contribution in [3.8, 4) is 11.8 Å². The molecular weight excluding hydrogens is 454 g/mol. The lowest BCUT2D eigenvalue weighted by Crippen LogP contribution is -2.21. The van der Waals surface area contributed by atoms with Gasteiger partial charge in [0.15, 0.2) is 9.84 Å². The molecule has 0 aliphatic heterocycles. The number of fused-ring (bicyclic) bond motifs is 1. The first kappa shape index (κ1) is 22.8. The molecule has 6 nitrogen and oxygen atoms in total. The van der Waals surface area contributed by atoms with Crippen LogP contribution in [0.1, 0.15) is 16.8 Å². The summed E-state index contributed by atoms with van der Waals surface area (Å²) in [6.07, 6.45) is 6.82. The average Bonchev–Trinajstić information content (AvgIpc) is 2.81. The highest BCUT2D eigenvalue weighted by Crippen LogP contribution is 2.15. The Morgan fingerprint density at radius 3 is 2.36 bits per heavy atom. The summed E-state index contributed by atoms with van der Waals surface area (Å²) >= 11 is 1.70. The molecule has 0 radical (unpaired) electrons. The Labute approximate surface area is 196 Å². The van der Waals surface area contributed by atoms with Crippen LogP contribution in [0.4, 0.5) is 0 Å². The van der Waals surface area contributed by atoms with E-state index in [0.717, 1.165) is 17.4 Å². The Bertz CT molecular complexity index is 1530. The maximum Gasteiger partial charge on any atom is 0.261 e. The zero-order chi connectivity index (χ0) is 23.4. The number of sulfone groups is 1. The molecule has 4 aromatic rings. The van der Waals surface area contributed by atoms with Crippen LogP contribution in [0, 0.1) is 11.8 Å². The van der Waals surface area contributed by atoms with Gasteiger partial charge in [-0.05, 0) is 53.6 Å². The third-order valence-electron chi connectivity index (χ3n) is 5.08. The van der Waals surface area contributed by atoms with Crippen molar-refractivity contribution in [1.29, 1.82) is 0 Å². The number of hydrogen-bond acceptors (Lipinski definition) is 6. The summed E-state index contributed by atoms with van der Waals surface area (Å²) in [7, 11) is -3.26. The maximum atomic E-state index is 13.0. The van der Waals surface area contributed by atoms with Crippen LogP contribution in [0.5, 0.6) is 0 Å². The molecule has 0 saturated heterocycles. The monoisotopic (exact) mass is 475 g/mol. The van der Waals surface area contributed by atoms with E-state index in [0.29, 0.717) is 23.0 Å². The highest BCUT2D eigenvalue weighted by Gasteiger charge is 2.09. The van der Waals surface area contributed by atoms with Gasteiger partial charge in [0.1, 0.15) is 5.69 Å². The number of hydrogen-bond donors (Lipinski definition) is 0. The molecule has 2 aromatic carbocycles. The fourth-order valence-corrected chi connectivity index (χ4v) is 4.30. The second-order valence-electron chi connectivity index (χ2n) is 7.51. The second kappa shape index (κ2) is 9.61. The van der Waals surface area contributed by atoms with Crippen molar-refractivity contribution in [2.45, 2.75) is 22.8 Å². The fourth-order valence-electron chi connectivity index (χ4n) is 3.26. The third kappa shape index (κ3) is 5.51. The molecular formula is C25H21N3O3S2. The van der Waals surface area contributed by atoms with E-state index in [9.17, 15) is 13.2 Å². The second-order valence-corrected chi connectivity index (χ2v) is 10.4. The minimum atomic E-state index is -3.26. The highest BCUT2D eigenvalue weighted by molar-refractivity contribution is 7.98. The molecule has 0 N–H and O–H groups in total. The summed E-state index contributed by atoms with van der Waals surface area (Å²) < 4.78 is 24.8. The van der Waals surface area contributed by atoms with Crippen molar-refractivity contribution < 1.29 is 8.42 Å². The van der Waals surface area contributed by atoms with Crippen LogP contribution in [0.25, 0.3) is 10.9 Å². The van der Waals surface area contributed by atoms with Gasteiger partial charge in [0.25, 0.3) is 5.56 Å². The predicted octanol–water partition coefficient (Wildman–Crippen LogP) is 3.56. The Balaban J connectivity index is 1.56. The average molecular weight is 476 g/mol. The molecule has 2 heterocycles. The Morgan fingerprint density at radius 1 is 1.00 bits per heavy atom. The highest BCUT2D eigenvalue weighted by atomic mass is 32.2. The number of nitrogens with zero attached hydrogens (tertiary/aromatic N) is 3. The summed E-state index contributed by atoms with van der Waals surface area (Å²) in [4.78, 5) is 23.1. The van der Waals surface area contributed by atoms with Gasteiger partial charge in [-0.25, -0.2) is 18.4 Å². The van der Waals surface area contributed by atoms with Crippen molar-refractivity contribution in [3.63, 3.8) is 0 Å². The van der Waals surface area contributed by atoms with Crippen molar-refractivity contribution in [3.05, 3.63) is 94.3 Å². The fraction of sp³-hybridized carbons (Fsp3) is 0.160. The molecule has 4 rings (SSSR count). The predicted molar refractivity (Wildman–Crippen MR) is 131 cm³/mol. The first-order valence-electron chi connectivity index (χ1n) is 10.1. The van der Waals surface area contributed by atoms with E-state index < -0.39 is 9.84 Å². The van der Waals surface area contributed by atoms with Crippen LogP contribution in [-0.4, -0.2) is 35.5 Å². The van der Waals surface area contributed by atoms with E-state index in [4.69, 9.17) is 0 Å². The van der Waals surface area contributed by atoms with Crippen LogP contribution >= 0.6 is 11.8 Å². The lowest BCUT2D eigenvalue weighted by atomic mass is 10.1. The standard InChI is InChI=1S/C25H21N3O3S2/c1-32-21-10-6-18(7-11-21)4-3-5-20-14-23-24(15-26-20)27-17-28(25(23)29)16-19-8-12-22(13-9-19)33(2,30)31/h6-15,17H,4,16H2,1-2H3. The zero-order valence-electron chi connectivity index (χ0n) is 18.1. The summed E-state index contributed by atoms with van der Waals surface area (Å²) in [5, 5.41) is 0.439. The lowest BCUT2D eigenvalue weighted by Gasteiger charge is -2.07. The van der Waals surface area contributed by atoms with Gasteiger partial charge in [-0.3, -0.25) is 9.36 Å². The largest absolute Gasteiger partial charge is 0.294 e. The molecule has 33 heavy (non-hydrogen) atoms. The van der Waals surface area contributed by atoms with Crippen LogP contribution in [0.15, 0.2) is 81.7 Å². The van der Waals surface area contributed by atoms with Gasteiger partial charge in [-0.15, -0.1) is 11.8 Å². The smallest absolute Gasteiger partial charge is 0.261 e. The van der Waals surface area contributed by atoms with Gasteiger partial charge in [0.05, 0.1) is 34.9 Å². The summed E-state index contributed by atoms with van der Waals surface area (Å²) in [5.74, 6) is 6.15. The minimum Gasteiger partial charge on any atom is -0.294 e. The minimum absolute atomic E-state index is 0.203. The van der Waals surface area contributed by atoms with E-state index in [1.165, 1.54) is 27.9 Å². The maximum absolute atomic E-state index is 13.0. The zero-order valence-corrected chi connectivity index (χ0v) is 19.8. The Morgan fingerprint density at radius 2 is 1.70 bits per heavy atom. The first-order valence-corrected chi connectivity index (χ1v) is 13.2. The molecule has 0 aliphatic carbocycles. The van der Waals surface area contributed by atoms with Gasteiger partial charge in [-0.2, -0.15) is 0 Å². The van der Waals surface area contributed by atoms with E-state index in [1.54, 1.807) is 36.2 Å². The SMILES string of the molecule is CSc1ccc(CC#Cc2cc3c(=O)n(Cc4ccc(S(C)(=O)=O)cc4)cnc3cn2)cc1. The van der Waals surface area contributed by atoms with Gasteiger partial charge < -0.3 is 0 Å². The molecule has 8 heteroatoms. The normalized spacial score (nSPS) is 11.2. The number of rotatable bonds is 5. The van der Waals surface area contributed by atoms with Gasteiger partial charge in [0, 0.05) is 17.6 Å². The third-order valence-corrected chi connectivity index (χ3v) is 6.95. The van der Waals surface area contributed by atoms with Crippen LogP contribution in [0.3, 0.4) is 0 Å². The lowest BCUT2D eigenvalue weighted by molar-refractivity contribution is 0.602. The molecule has 0 aliphatic rings. The summed E-state index contributed by atoms with van der Waals surface area (Å²) in [6.45, 7) is 0.279. The quantitative estimate of drug-likeness (QED) is 0.324. The molecule has 0 fully saturated rings. The van der Waals surface area contributed by atoms with Gasteiger partial charge in [-0.1, -0.05) is 30.2 Å². The topological polar surface area (TPSA) is 81.9 Å². The molecule has 0 spiro atoms. The van der Waals surface area contributed by atoms with Gasteiger partial charge in [0.2, 0.25) is 0 Å². The molecule has 0 bridgehead atoms.